The van der Waals surface area contributed by atoms with E-state index in [0.29, 0.717) is 18.9 Å². The first kappa shape index (κ1) is 12.5. The van der Waals surface area contributed by atoms with E-state index in [2.05, 4.69) is 15.0 Å². The lowest BCUT2D eigenvalue weighted by Gasteiger charge is -2.27. The number of nitrogens with zero attached hydrogens (tertiary/aromatic N) is 2. The largest absolute Gasteiger partial charge is 0.573 e. The zero-order valence-corrected chi connectivity index (χ0v) is 9.20. The number of piperazine rings is 1. The number of carbonyl (C=O) groups excluding carboxylic acids is 1. The maximum atomic E-state index is 11.9. The van der Waals surface area contributed by atoms with Crippen LogP contribution in [0.4, 0.5) is 19.0 Å². The number of rotatable bonds is 2. The van der Waals surface area contributed by atoms with Crippen molar-refractivity contribution < 1.29 is 22.7 Å². The van der Waals surface area contributed by atoms with Gasteiger partial charge in [-0.1, -0.05) is 0 Å². The predicted molar refractivity (Wildman–Crippen MR) is 56.1 cm³/mol. The van der Waals surface area contributed by atoms with Gasteiger partial charge in [0, 0.05) is 13.1 Å². The Labute approximate surface area is 101 Å². The van der Waals surface area contributed by atoms with Crippen molar-refractivity contribution in [3.63, 3.8) is 0 Å². The Morgan fingerprint density at radius 1 is 1.39 bits per heavy atom. The highest BCUT2D eigenvalue weighted by atomic mass is 19.4. The van der Waals surface area contributed by atoms with Crippen LogP contribution in [-0.4, -0.2) is 36.9 Å². The number of amides is 1. The third-order valence-electron chi connectivity index (χ3n) is 2.32. The number of nitrogens with one attached hydrogen (secondary N) is 1. The van der Waals surface area contributed by atoms with E-state index in [9.17, 15) is 18.0 Å². The molecule has 1 saturated heterocycles. The van der Waals surface area contributed by atoms with Crippen LogP contribution in [0, 0.1) is 0 Å². The number of hydrogen-bond acceptors (Lipinski definition) is 4. The summed E-state index contributed by atoms with van der Waals surface area (Å²) in [5.41, 5.74) is 0. The van der Waals surface area contributed by atoms with E-state index >= 15 is 0 Å². The lowest BCUT2D eigenvalue weighted by Crippen LogP contribution is -2.48. The molecule has 0 unspecified atom stereocenters. The molecule has 1 aromatic heterocycles. The molecule has 0 aromatic carbocycles. The maximum absolute atomic E-state index is 11.9. The van der Waals surface area contributed by atoms with Crippen LogP contribution < -0.4 is 15.0 Å². The minimum absolute atomic E-state index is 0.140. The molecule has 0 bridgehead atoms. The topological polar surface area (TPSA) is 54.5 Å². The SMILES string of the molecule is O=C1CN(c2ccc(OC(F)(F)F)cn2)CCN1. The number of pyridine rings is 1. The van der Waals surface area contributed by atoms with Gasteiger partial charge in [-0.2, -0.15) is 0 Å². The molecule has 1 aliphatic rings. The second kappa shape index (κ2) is 4.71. The van der Waals surface area contributed by atoms with E-state index < -0.39 is 6.36 Å². The first-order valence-corrected chi connectivity index (χ1v) is 5.17. The fraction of sp³-hybridized carbons (Fsp3) is 0.400. The summed E-state index contributed by atoms with van der Waals surface area (Å²) in [5, 5.41) is 2.64. The van der Waals surface area contributed by atoms with Gasteiger partial charge in [0.15, 0.2) is 0 Å². The van der Waals surface area contributed by atoms with E-state index in [0.717, 1.165) is 6.20 Å². The normalized spacial score (nSPS) is 16.4. The number of halogens is 3. The first-order chi connectivity index (χ1) is 8.44. The van der Waals surface area contributed by atoms with E-state index in [-0.39, 0.29) is 18.2 Å². The number of alkyl halides is 3. The van der Waals surface area contributed by atoms with Crippen LogP contribution in [0.3, 0.4) is 0 Å². The molecule has 0 aliphatic carbocycles. The van der Waals surface area contributed by atoms with Crippen LogP contribution in [0.15, 0.2) is 18.3 Å². The lowest BCUT2D eigenvalue weighted by molar-refractivity contribution is -0.274. The highest BCUT2D eigenvalue weighted by molar-refractivity contribution is 5.82. The van der Waals surface area contributed by atoms with E-state index in [1.54, 1.807) is 4.90 Å². The summed E-state index contributed by atoms with van der Waals surface area (Å²) in [4.78, 5) is 16.7. The molecule has 1 amide bonds. The molecular weight excluding hydrogens is 251 g/mol. The fourth-order valence-electron chi connectivity index (χ4n) is 1.59. The molecule has 18 heavy (non-hydrogen) atoms. The molecule has 1 aromatic rings. The Morgan fingerprint density at radius 3 is 2.72 bits per heavy atom. The van der Waals surface area contributed by atoms with Crippen molar-refractivity contribution >= 4 is 11.7 Å². The predicted octanol–water partition coefficient (Wildman–Crippen LogP) is 0.916. The molecule has 5 nitrogen and oxygen atoms in total. The van der Waals surface area contributed by atoms with Gasteiger partial charge in [-0.05, 0) is 12.1 Å². The van der Waals surface area contributed by atoms with E-state index in [4.69, 9.17) is 0 Å². The van der Waals surface area contributed by atoms with Crippen molar-refractivity contribution in [2.24, 2.45) is 0 Å². The average molecular weight is 261 g/mol. The Bertz CT molecular complexity index is 433. The first-order valence-electron chi connectivity index (χ1n) is 5.17. The minimum Gasteiger partial charge on any atom is -0.404 e. The van der Waals surface area contributed by atoms with Crippen LogP contribution in [0.5, 0.6) is 5.75 Å². The van der Waals surface area contributed by atoms with Gasteiger partial charge in [-0.25, -0.2) is 4.98 Å². The van der Waals surface area contributed by atoms with Crippen molar-refractivity contribution in [2.75, 3.05) is 24.5 Å². The van der Waals surface area contributed by atoms with Crippen LogP contribution in [0.1, 0.15) is 0 Å². The molecule has 0 radical (unpaired) electrons. The number of ether oxygens (including phenoxy) is 1. The second-order valence-corrected chi connectivity index (χ2v) is 3.67. The fourth-order valence-corrected chi connectivity index (χ4v) is 1.59. The standard InChI is InChI=1S/C10H10F3N3O2/c11-10(12,13)18-7-1-2-8(15-5-7)16-4-3-14-9(17)6-16/h1-2,5H,3-4,6H2,(H,14,17). The summed E-state index contributed by atoms with van der Waals surface area (Å²) in [6.45, 7) is 1.20. The molecule has 1 aliphatic heterocycles. The quantitative estimate of drug-likeness (QED) is 0.860. The zero-order chi connectivity index (χ0) is 13.2. The van der Waals surface area contributed by atoms with Crippen molar-refractivity contribution in [1.82, 2.24) is 10.3 Å². The van der Waals surface area contributed by atoms with Gasteiger partial charge in [0.05, 0.1) is 12.7 Å². The molecule has 0 saturated carbocycles. The summed E-state index contributed by atoms with van der Waals surface area (Å²) < 4.78 is 39.5. The summed E-state index contributed by atoms with van der Waals surface area (Å²) in [7, 11) is 0. The van der Waals surface area contributed by atoms with Gasteiger partial charge < -0.3 is 15.0 Å². The van der Waals surface area contributed by atoms with Crippen LogP contribution >= 0.6 is 0 Å². The second-order valence-electron chi connectivity index (χ2n) is 3.67. The lowest BCUT2D eigenvalue weighted by atomic mass is 10.3. The molecule has 0 atom stereocenters. The number of anilines is 1. The Hall–Kier alpha value is -1.99. The highest BCUT2D eigenvalue weighted by Crippen LogP contribution is 2.23. The third-order valence-corrected chi connectivity index (χ3v) is 2.32. The van der Waals surface area contributed by atoms with Crippen molar-refractivity contribution in [3.05, 3.63) is 18.3 Å². The van der Waals surface area contributed by atoms with Gasteiger partial charge in [0.1, 0.15) is 11.6 Å². The molecular formula is C10H10F3N3O2. The highest BCUT2D eigenvalue weighted by Gasteiger charge is 2.31. The third kappa shape index (κ3) is 3.25. The van der Waals surface area contributed by atoms with Crippen LogP contribution in [-0.2, 0) is 4.79 Å². The Balaban J connectivity index is 2.05. The Kier molecular flexibility index (Phi) is 3.26. The van der Waals surface area contributed by atoms with Crippen molar-refractivity contribution in [1.29, 1.82) is 0 Å². The summed E-state index contributed by atoms with van der Waals surface area (Å²) in [6.07, 6.45) is -3.75. The van der Waals surface area contributed by atoms with Crippen molar-refractivity contribution in [2.45, 2.75) is 6.36 Å². The van der Waals surface area contributed by atoms with E-state index in [1.165, 1.54) is 12.1 Å². The van der Waals surface area contributed by atoms with Crippen LogP contribution in [0.2, 0.25) is 0 Å². The molecule has 8 heteroatoms. The van der Waals surface area contributed by atoms with Gasteiger partial charge in [-0.3, -0.25) is 4.79 Å². The summed E-state index contributed by atoms with van der Waals surface area (Å²) >= 11 is 0. The average Bonchev–Trinajstić information content (AvgIpc) is 2.28. The van der Waals surface area contributed by atoms with Gasteiger partial charge in [-0.15, -0.1) is 13.2 Å². The van der Waals surface area contributed by atoms with Crippen LogP contribution in [0.25, 0.3) is 0 Å². The number of hydrogen-bond donors (Lipinski definition) is 1. The van der Waals surface area contributed by atoms with Gasteiger partial charge in [0.2, 0.25) is 5.91 Å². The monoisotopic (exact) mass is 261 g/mol. The van der Waals surface area contributed by atoms with E-state index in [1.807, 2.05) is 0 Å². The number of aromatic nitrogens is 1. The van der Waals surface area contributed by atoms with Gasteiger partial charge in [0.25, 0.3) is 0 Å². The molecule has 1 fully saturated rings. The zero-order valence-electron chi connectivity index (χ0n) is 9.20. The van der Waals surface area contributed by atoms with Gasteiger partial charge >= 0.3 is 6.36 Å². The Morgan fingerprint density at radius 2 is 2.17 bits per heavy atom. The molecule has 0 spiro atoms. The summed E-state index contributed by atoms with van der Waals surface area (Å²) in [6, 6.07) is 2.56. The molecule has 2 heterocycles. The minimum atomic E-state index is -4.73. The summed E-state index contributed by atoms with van der Waals surface area (Å²) in [5.74, 6) is -0.0780. The van der Waals surface area contributed by atoms with Crippen molar-refractivity contribution in [3.8, 4) is 5.75 Å². The number of carbonyl (C=O) groups is 1. The molecule has 2 rings (SSSR count). The molecule has 98 valence electrons. The molecule has 1 N–H and O–H groups in total. The smallest absolute Gasteiger partial charge is 0.404 e. The maximum Gasteiger partial charge on any atom is 0.573 e.